The summed E-state index contributed by atoms with van der Waals surface area (Å²) in [5.74, 6) is -3.05. The van der Waals surface area contributed by atoms with E-state index in [1.54, 1.807) is 27.7 Å². The van der Waals surface area contributed by atoms with E-state index in [9.17, 15) is 23.7 Å². The molecule has 1 saturated heterocycles. The van der Waals surface area contributed by atoms with Gasteiger partial charge in [-0.05, 0) is 27.7 Å². The predicted molar refractivity (Wildman–Crippen MR) is 114 cm³/mol. The average molecular weight is 498 g/mol. The van der Waals surface area contributed by atoms with Crippen LogP contribution in [0.15, 0.2) is 0 Å². The molecule has 184 valence electrons. The van der Waals surface area contributed by atoms with Crippen LogP contribution in [0.2, 0.25) is 0 Å². The van der Waals surface area contributed by atoms with Crippen molar-refractivity contribution in [2.45, 2.75) is 96.3 Å². The monoisotopic (exact) mass is 498 g/mol. The fourth-order valence-corrected chi connectivity index (χ4v) is 7.50. The maximum atomic E-state index is 13.9. The van der Waals surface area contributed by atoms with Gasteiger partial charge in [-0.3, -0.25) is 23.7 Å². The molecule has 0 spiro atoms. The first-order valence-electron chi connectivity index (χ1n) is 9.97. The van der Waals surface area contributed by atoms with Gasteiger partial charge >= 0.3 is 31.5 Å². The molecule has 0 N–H and O–H groups in total. The van der Waals surface area contributed by atoms with E-state index in [0.29, 0.717) is 0 Å². The Bertz CT molecular complexity index is 740. The molecule has 1 aliphatic rings. The molecule has 5 atom stereocenters. The van der Waals surface area contributed by atoms with E-state index in [2.05, 4.69) is 0 Å². The van der Waals surface area contributed by atoms with Gasteiger partial charge in [0.2, 0.25) is 0 Å². The van der Waals surface area contributed by atoms with Crippen LogP contribution in [-0.2, 0) is 51.7 Å². The van der Waals surface area contributed by atoms with E-state index in [1.807, 2.05) is 0 Å². The van der Waals surface area contributed by atoms with Crippen molar-refractivity contribution in [3.05, 3.63) is 0 Å². The maximum Gasteiger partial charge on any atom is 0.348 e. The number of ether oxygens (including phenoxy) is 4. The Morgan fingerprint density at radius 3 is 1.41 bits per heavy atom. The van der Waals surface area contributed by atoms with Crippen LogP contribution >= 0.6 is 19.4 Å². The third-order valence-electron chi connectivity index (χ3n) is 3.69. The van der Waals surface area contributed by atoms with Crippen molar-refractivity contribution in [1.82, 2.24) is 0 Å². The Morgan fingerprint density at radius 1 is 0.656 bits per heavy atom. The second-order valence-electron chi connectivity index (χ2n) is 7.57. The van der Waals surface area contributed by atoms with E-state index in [-0.39, 0.29) is 0 Å². The summed E-state index contributed by atoms with van der Waals surface area (Å²) in [6.45, 7) is 11.0. The smallest absolute Gasteiger partial charge is 0.348 e. The van der Waals surface area contributed by atoms with Gasteiger partial charge in [0.25, 0.3) is 0 Å². The standard InChI is InChI=1S/C19H31O11PS/c1-9(2)29-31(24,30-10(3)4)19-17(27-13(7)22)15(25-11(5)20)16(26-12(6)21)18(32-19)28-14(8)23/h9-10,15-19H,1-8H3/t15-,16+,17+,18+,19+/m1/s1. The van der Waals surface area contributed by atoms with E-state index in [0.717, 1.165) is 39.5 Å². The average Bonchev–Trinajstić information content (AvgIpc) is 2.56. The van der Waals surface area contributed by atoms with Crippen molar-refractivity contribution in [3.8, 4) is 0 Å². The summed E-state index contributed by atoms with van der Waals surface area (Å²) in [4.78, 5) is 46.0. The molecule has 0 saturated carbocycles. The summed E-state index contributed by atoms with van der Waals surface area (Å²) in [7, 11) is -4.08. The van der Waals surface area contributed by atoms with Crippen molar-refractivity contribution >= 4 is 43.2 Å². The summed E-state index contributed by atoms with van der Waals surface area (Å²) in [5.41, 5.74) is -1.25. The summed E-state index contributed by atoms with van der Waals surface area (Å²) >= 11 is 0.780. The fourth-order valence-electron chi connectivity index (χ4n) is 3.00. The van der Waals surface area contributed by atoms with E-state index in [1.165, 1.54) is 0 Å². The van der Waals surface area contributed by atoms with Crippen LogP contribution in [0.5, 0.6) is 0 Å². The van der Waals surface area contributed by atoms with Gasteiger partial charge < -0.3 is 28.0 Å². The maximum absolute atomic E-state index is 13.9. The molecule has 11 nitrogen and oxygen atoms in total. The lowest BCUT2D eigenvalue weighted by atomic mass is 10.1. The van der Waals surface area contributed by atoms with Gasteiger partial charge in [0, 0.05) is 27.7 Å². The van der Waals surface area contributed by atoms with Gasteiger partial charge in [0.05, 0.1) is 12.2 Å². The highest BCUT2D eigenvalue weighted by Gasteiger charge is 2.59. The molecule has 0 aromatic carbocycles. The summed E-state index contributed by atoms with van der Waals surface area (Å²) in [5, 5.41) is 0. The molecule has 0 unspecified atom stereocenters. The van der Waals surface area contributed by atoms with E-state index < -0.39 is 72.4 Å². The molecule has 0 bridgehead atoms. The molecule has 0 aliphatic carbocycles. The molecule has 0 amide bonds. The Morgan fingerprint density at radius 2 is 1.03 bits per heavy atom. The Labute approximate surface area is 191 Å². The fraction of sp³-hybridized carbons (Fsp3) is 0.789. The van der Waals surface area contributed by atoms with Crippen LogP contribution < -0.4 is 0 Å². The van der Waals surface area contributed by atoms with Crippen LogP contribution in [0.25, 0.3) is 0 Å². The normalized spacial score (nSPS) is 25.9. The summed E-state index contributed by atoms with van der Waals surface area (Å²) < 4.78 is 46.5. The highest BCUT2D eigenvalue weighted by molar-refractivity contribution is 8.06. The van der Waals surface area contributed by atoms with Crippen molar-refractivity contribution in [2.24, 2.45) is 0 Å². The molecule has 13 heteroatoms. The Hall–Kier alpha value is -1.62. The molecular weight excluding hydrogens is 467 g/mol. The number of carbonyl (C=O) groups excluding carboxylic acids is 4. The third-order valence-corrected chi connectivity index (χ3v) is 8.35. The van der Waals surface area contributed by atoms with Crippen molar-refractivity contribution < 1.29 is 51.7 Å². The number of hydrogen-bond donors (Lipinski definition) is 0. The largest absolute Gasteiger partial charge is 0.457 e. The number of esters is 4. The second-order valence-corrected chi connectivity index (χ2v) is 11.2. The van der Waals surface area contributed by atoms with Crippen molar-refractivity contribution in [2.75, 3.05) is 0 Å². The van der Waals surface area contributed by atoms with Gasteiger partial charge in [-0.15, -0.1) is 0 Å². The number of carbonyl (C=O) groups is 4. The highest BCUT2D eigenvalue weighted by atomic mass is 32.2. The molecular formula is C19H31O11PS. The van der Waals surface area contributed by atoms with Crippen LogP contribution in [-0.4, -0.2) is 64.8 Å². The summed E-state index contributed by atoms with van der Waals surface area (Å²) in [6, 6.07) is 0. The van der Waals surface area contributed by atoms with E-state index >= 15 is 0 Å². The quantitative estimate of drug-likeness (QED) is 0.262. The molecule has 32 heavy (non-hydrogen) atoms. The number of rotatable bonds is 9. The Balaban J connectivity index is 3.66. The van der Waals surface area contributed by atoms with E-state index in [4.69, 9.17) is 28.0 Å². The zero-order chi connectivity index (χ0) is 24.8. The number of thioether (sulfide) groups is 1. The second kappa shape index (κ2) is 12.0. The Kier molecular flexibility index (Phi) is 10.7. The molecule has 1 fully saturated rings. The van der Waals surface area contributed by atoms with Crippen LogP contribution in [0, 0.1) is 0 Å². The van der Waals surface area contributed by atoms with Gasteiger partial charge in [0.15, 0.2) is 28.7 Å². The van der Waals surface area contributed by atoms with Gasteiger partial charge in [-0.1, -0.05) is 11.8 Å². The zero-order valence-corrected chi connectivity index (χ0v) is 21.1. The van der Waals surface area contributed by atoms with Gasteiger partial charge in [-0.2, -0.15) is 0 Å². The lowest BCUT2D eigenvalue weighted by Gasteiger charge is -2.45. The number of hydrogen-bond acceptors (Lipinski definition) is 12. The molecule has 1 rings (SSSR count). The first-order chi connectivity index (χ1) is 14.7. The topological polar surface area (TPSA) is 141 Å². The lowest BCUT2D eigenvalue weighted by Crippen LogP contribution is -2.58. The minimum absolute atomic E-state index is 0.552. The lowest BCUT2D eigenvalue weighted by molar-refractivity contribution is -0.193. The van der Waals surface area contributed by atoms with Crippen molar-refractivity contribution in [3.63, 3.8) is 0 Å². The zero-order valence-electron chi connectivity index (χ0n) is 19.4. The third kappa shape index (κ3) is 8.38. The van der Waals surface area contributed by atoms with Crippen LogP contribution in [0.4, 0.5) is 0 Å². The molecule has 0 radical (unpaired) electrons. The van der Waals surface area contributed by atoms with Crippen LogP contribution in [0.3, 0.4) is 0 Å². The summed E-state index contributed by atoms with van der Waals surface area (Å²) in [6.07, 6.45) is -5.30. The van der Waals surface area contributed by atoms with Gasteiger partial charge in [0.1, 0.15) is 0 Å². The first-order valence-corrected chi connectivity index (χ1v) is 12.5. The molecule has 1 aliphatic heterocycles. The predicted octanol–water partition coefficient (Wildman–Crippen LogP) is 2.79. The van der Waals surface area contributed by atoms with Gasteiger partial charge in [-0.25, -0.2) is 0 Å². The minimum atomic E-state index is -4.08. The van der Waals surface area contributed by atoms with Crippen molar-refractivity contribution in [1.29, 1.82) is 0 Å². The molecule has 0 aromatic rings. The highest BCUT2D eigenvalue weighted by Crippen LogP contribution is 2.63. The minimum Gasteiger partial charge on any atom is -0.457 e. The molecule has 1 heterocycles. The SMILES string of the molecule is CC(=O)O[C@@H]1[C@H](OC(C)=O)[C@@H](OC(C)=O)S[C@H](P(=O)(OC(C)C)OC(C)C)[C@H]1OC(C)=O. The molecule has 0 aromatic heterocycles. The van der Waals surface area contributed by atoms with Crippen LogP contribution in [0.1, 0.15) is 55.4 Å². The first kappa shape index (κ1) is 28.4.